The highest BCUT2D eigenvalue weighted by atomic mass is 35.5. The molecule has 1 heterocycles. The van der Waals surface area contributed by atoms with Crippen molar-refractivity contribution in [1.29, 1.82) is 0 Å². The monoisotopic (exact) mass is 334 g/mol. The number of hydrogen-bond acceptors (Lipinski definition) is 2. The van der Waals surface area contributed by atoms with Crippen LogP contribution in [0.4, 0.5) is 0 Å². The van der Waals surface area contributed by atoms with E-state index in [1.165, 1.54) is 32.5 Å². The lowest BCUT2D eigenvalue weighted by atomic mass is 10.1. The molecule has 112 valence electrons. The molecule has 1 aromatic carbocycles. The van der Waals surface area contributed by atoms with Gasteiger partial charge in [0.15, 0.2) is 0 Å². The van der Waals surface area contributed by atoms with E-state index >= 15 is 0 Å². The van der Waals surface area contributed by atoms with E-state index in [-0.39, 0.29) is 6.04 Å². The van der Waals surface area contributed by atoms with Crippen LogP contribution in [-0.2, 0) is 0 Å². The van der Waals surface area contributed by atoms with Crippen LogP contribution in [0.2, 0.25) is 15.1 Å². The van der Waals surface area contributed by atoms with Crippen molar-refractivity contribution in [3.05, 3.63) is 32.8 Å². The minimum atomic E-state index is 0.177. The van der Waals surface area contributed by atoms with E-state index in [2.05, 4.69) is 17.1 Å². The molecule has 0 amide bonds. The lowest BCUT2D eigenvalue weighted by Gasteiger charge is -2.18. The first-order valence-electron chi connectivity index (χ1n) is 7.18. The number of hydrogen-bond donors (Lipinski definition) is 1. The molecule has 1 unspecified atom stereocenters. The predicted octanol–water partition coefficient (Wildman–Crippen LogP) is 4.78. The first-order valence-corrected chi connectivity index (χ1v) is 8.32. The highest BCUT2D eigenvalue weighted by Gasteiger charge is 2.14. The second-order valence-electron chi connectivity index (χ2n) is 5.34. The van der Waals surface area contributed by atoms with Crippen molar-refractivity contribution in [2.24, 2.45) is 0 Å². The van der Waals surface area contributed by atoms with Crippen LogP contribution in [0, 0.1) is 0 Å². The fraction of sp³-hybridized carbons (Fsp3) is 0.600. The normalized spacial score (nSPS) is 17.6. The van der Waals surface area contributed by atoms with Crippen LogP contribution in [0.5, 0.6) is 0 Å². The Hall–Kier alpha value is 0.01000. The van der Waals surface area contributed by atoms with Gasteiger partial charge in [-0.25, -0.2) is 0 Å². The summed E-state index contributed by atoms with van der Waals surface area (Å²) in [5.74, 6) is 0. The molecule has 0 aromatic heterocycles. The largest absolute Gasteiger partial charge is 0.310 e. The van der Waals surface area contributed by atoms with E-state index in [9.17, 15) is 0 Å². The smallest absolute Gasteiger partial charge is 0.0781 e. The first-order chi connectivity index (χ1) is 9.59. The van der Waals surface area contributed by atoms with Gasteiger partial charge >= 0.3 is 0 Å². The number of rotatable bonds is 6. The molecule has 0 aliphatic carbocycles. The standard InChI is InChI=1S/C15H21Cl3N2/c1-11(12-5-6-13(16)15(18)14(12)17)19-7-4-10-20-8-2-3-9-20/h5-6,11,19H,2-4,7-10H2,1H3. The van der Waals surface area contributed by atoms with Crippen LogP contribution in [0.25, 0.3) is 0 Å². The summed E-state index contributed by atoms with van der Waals surface area (Å²) in [6.45, 7) is 6.77. The quantitative estimate of drug-likeness (QED) is 0.594. The lowest BCUT2D eigenvalue weighted by molar-refractivity contribution is 0.328. The Morgan fingerprint density at radius 3 is 2.55 bits per heavy atom. The maximum atomic E-state index is 6.25. The predicted molar refractivity (Wildman–Crippen MR) is 88.2 cm³/mol. The van der Waals surface area contributed by atoms with Gasteiger partial charge in [-0.15, -0.1) is 0 Å². The molecule has 2 nitrogen and oxygen atoms in total. The third-order valence-corrected chi connectivity index (χ3v) is 5.14. The maximum absolute atomic E-state index is 6.25. The summed E-state index contributed by atoms with van der Waals surface area (Å²) in [6, 6.07) is 3.91. The Morgan fingerprint density at radius 2 is 1.85 bits per heavy atom. The summed E-state index contributed by atoms with van der Waals surface area (Å²) in [6.07, 6.45) is 3.86. The second kappa shape index (κ2) is 7.86. The lowest BCUT2D eigenvalue weighted by Crippen LogP contribution is -2.26. The van der Waals surface area contributed by atoms with E-state index in [0.717, 1.165) is 18.5 Å². The van der Waals surface area contributed by atoms with Gasteiger partial charge in [0, 0.05) is 6.04 Å². The number of benzene rings is 1. The molecule has 5 heteroatoms. The SMILES string of the molecule is CC(NCCCN1CCCC1)c1ccc(Cl)c(Cl)c1Cl. The van der Waals surface area contributed by atoms with Gasteiger partial charge in [0.25, 0.3) is 0 Å². The number of likely N-dealkylation sites (tertiary alicyclic amines) is 1. The van der Waals surface area contributed by atoms with E-state index in [4.69, 9.17) is 34.8 Å². The molecule has 1 fully saturated rings. The molecule has 0 bridgehead atoms. The van der Waals surface area contributed by atoms with Crippen molar-refractivity contribution in [2.45, 2.75) is 32.2 Å². The Morgan fingerprint density at radius 1 is 1.15 bits per heavy atom. The molecule has 1 aliphatic rings. The Balaban J connectivity index is 1.79. The van der Waals surface area contributed by atoms with Crippen molar-refractivity contribution in [3.63, 3.8) is 0 Å². The third-order valence-electron chi connectivity index (χ3n) is 3.83. The van der Waals surface area contributed by atoms with Gasteiger partial charge in [0.2, 0.25) is 0 Å². The molecule has 2 rings (SSSR count). The molecule has 1 N–H and O–H groups in total. The average molecular weight is 336 g/mol. The van der Waals surface area contributed by atoms with Gasteiger partial charge in [-0.2, -0.15) is 0 Å². The highest BCUT2D eigenvalue weighted by molar-refractivity contribution is 6.48. The van der Waals surface area contributed by atoms with Crippen LogP contribution in [0.3, 0.4) is 0 Å². The zero-order valence-electron chi connectivity index (χ0n) is 11.8. The topological polar surface area (TPSA) is 15.3 Å². The third kappa shape index (κ3) is 4.25. The number of halogens is 3. The molecular formula is C15H21Cl3N2. The van der Waals surface area contributed by atoms with Gasteiger partial charge in [-0.05, 0) is 64.0 Å². The van der Waals surface area contributed by atoms with Crippen molar-refractivity contribution in [1.82, 2.24) is 10.2 Å². The van der Waals surface area contributed by atoms with Gasteiger partial charge < -0.3 is 10.2 Å². The minimum absolute atomic E-state index is 0.177. The van der Waals surface area contributed by atoms with E-state index in [1.54, 1.807) is 6.07 Å². The van der Waals surface area contributed by atoms with Crippen LogP contribution < -0.4 is 5.32 Å². The zero-order chi connectivity index (χ0) is 14.5. The van der Waals surface area contributed by atoms with Crippen molar-refractivity contribution < 1.29 is 0 Å². The van der Waals surface area contributed by atoms with Crippen LogP contribution in [0.15, 0.2) is 12.1 Å². The molecule has 1 atom stereocenters. The van der Waals surface area contributed by atoms with E-state index < -0.39 is 0 Å². The van der Waals surface area contributed by atoms with Crippen LogP contribution in [0.1, 0.15) is 37.8 Å². The summed E-state index contributed by atoms with van der Waals surface area (Å²) in [7, 11) is 0. The van der Waals surface area contributed by atoms with Crippen molar-refractivity contribution in [3.8, 4) is 0 Å². The fourth-order valence-corrected chi connectivity index (χ4v) is 3.32. The summed E-state index contributed by atoms with van der Waals surface area (Å²) >= 11 is 18.3. The van der Waals surface area contributed by atoms with Crippen molar-refractivity contribution >= 4 is 34.8 Å². The highest BCUT2D eigenvalue weighted by Crippen LogP contribution is 2.35. The molecule has 0 radical (unpaired) electrons. The van der Waals surface area contributed by atoms with Crippen molar-refractivity contribution in [2.75, 3.05) is 26.2 Å². The summed E-state index contributed by atoms with van der Waals surface area (Å²) in [4.78, 5) is 2.53. The van der Waals surface area contributed by atoms with Gasteiger partial charge in [-0.3, -0.25) is 0 Å². The molecule has 1 aromatic rings. The van der Waals surface area contributed by atoms with Gasteiger partial charge in [-0.1, -0.05) is 40.9 Å². The maximum Gasteiger partial charge on any atom is 0.0781 e. The van der Waals surface area contributed by atoms with Gasteiger partial charge in [0.1, 0.15) is 0 Å². The van der Waals surface area contributed by atoms with E-state index in [0.29, 0.717) is 15.1 Å². The minimum Gasteiger partial charge on any atom is -0.310 e. The molecule has 0 spiro atoms. The Bertz CT molecular complexity index is 445. The Labute approximate surface area is 136 Å². The molecule has 0 saturated carbocycles. The molecule has 20 heavy (non-hydrogen) atoms. The summed E-state index contributed by atoms with van der Waals surface area (Å²) < 4.78 is 0. The number of nitrogens with one attached hydrogen (secondary N) is 1. The number of nitrogens with zero attached hydrogens (tertiary/aromatic N) is 1. The van der Waals surface area contributed by atoms with Crippen LogP contribution in [-0.4, -0.2) is 31.1 Å². The summed E-state index contributed by atoms with van der Waals surface area (Å²) in [5.41, 5.74) is 1.00. The zero-order valence-corrected chi connectivity index (χ0v) is 14.0. The Kier molecular flexibility index (Phi) is 6.44. The molecular weight excluding hydrogens is 315 g/mol. The van der Waals surface area contributed by atoms with Crippen LogP contribution >= 0.6 is 34.8 Å². The van der Waals surface area contributed by atoms with Gasteiger partial charge in [0.05, 0.1) is 15.1 Å². The fourth-order valence-electron chi connectivity index (χ4n) is 2.61. The second-order valence-corrected chi connectivity index (χ2v) is 6.51. The molecule has 1 saturated heterocycles. The van der Waals surface area contributed by atoms with E-state index in [1.807, 2.05) is 6.07 Å². The average Bonchev–Trinajstić information content (AvgIpc) is 2.94. The summed E-state index contributed by atoms with van der Waals surface area (Å²) in [5, 5.41) is 4.99. The molecule has 1 aliphatic heterocycles. The first kappa shape index (κ1) is 16.4.